The Balaban J connectivity index is 1.35. The van der Waals surface area contributed by atoms with Crippen molar-refractivity contribution in [2.24, 2.45) is 0 Å². The van der Waals surface area contributed by atoms with E-state index in [1.807, 2.05) is 0 Å². The van der Waals surface area contributed by atoms with Crippen molar-refractivity contribution in [2.75, 3.05) is 25.1 Å². The maximum atomic E-state index is 5.38. The zero-order chi connectivity index (χ0) is 20.9. The molecule has 31 heavy (non-hydrogen) atoms. The Morgan fingerprint density at radius 2 is 1.52 bits per heavy atom. The van der Waals surface area contributed by atoms with Gasteiger partial charge in [0.15, 0.2) is 0 Å². The molecule has 0 aliphatic carbocycles. The lowest BCUT2D eigenvalue weighted by Gasteiger charge is -2.20. The predicted octanol–water partition coefficient (Wildman–Crippen LogP) is 6.19. The Bertz CT molecular complexity index is 1310. The first-order chi connectivity index (χ1) is 15.2. The summed E-state index contributed by atoms with van der Waals surface area (Å²) in [6.45, 7) is 4.02. The highest BCUT2D eigenvalue weighted by atomic mass is 16.6. The van der Waals surface area contributed by atoms with Crippen LogP contribution in [0.1, 0.15) is 29.7 Å². The molecule has 4 aromatic rings. The summed E-state index contributed by atoms with van der Waals surface area (Å²) in [4.78, 5) is 2.23. The second-order valence-corrected chi connectivity index (χ2v) is 8.29. The normalized spacial score (nSPS) is 16.8. The molecule has 0 amide bonds. The summed E-state index contributed by atoms with van der Waals surface area (Å²) < 4.78 is 7.82. The monoisotopic (exact) mass is 405 g/mol. The quantitative estimate of drug-likeness (QED) is 0.291. The molecule has 0 aromatic heterocycles. The van der Waals surface area contributed by atoms with Gasteiger partial charge in [-0.3, -0.25) is 0 Å². The summed E-state index contributed by atoms with van der Waals surface area (Å²) in [6, 6.07) is 30.9. The van der Waals surface area contributed by atoms with Gasteiger partial charge in [-0.2, -0.15) is 4.58 Å². The molecule has 3 heteroatoms. The van der Waals surface area contributed by atoms with Crippen molar-refractivity contribution in [3.05, 3.63) is 102 Å². The van der Waals surface area contributed by atoms with Crippen LogP contribution in [0.15, 0.2) is 84.9 Å². The smallest absolute Gasteiger partial charge is 0.221 e. The summed E-state index contributed by atoms with van der Waals surface area (Å²) in [5.41, 5.74) is 8.81. The van der Waals surface area contributed by atoms with E-state index in [1.165, 1.54) is 50.2 Å². The SMILES string of the molecule is CC[N+]1=C(c2ccc(N(C)c3ccc(C4CO4)cc3)cc2)c2cccc3cccc1c23. The number of nitrogens with zero attached hydrogens (tertiary/aromatic N) is 2. The summed E-state index contributed by atoms with van der Waals surface area (Å²) in [7, 11) is 2.12. The number of rotatable bonds is 5. The number of epoxide rings is 1. The third-order valence-corrected chi connectivity index (χ3v) is 6.53. The molecule has 0 bridgehead atoms. The van der Waals surface area contributed by atoms with Crippen LogP contribution in [0.3, 0.4) is 0 Å². The Labute approximate surface area is 182 Å². The molecule has 2 aliphatic rings. The molecule has 0 N–H and O–H groups in total. The van der Waals surface area contributed by atoms with Gasteiger partial charge in [0.2, 0.25) is 11.4 Å². The van der Waals surface area contributed by atoms with Gasteiger partial charge in [0.25, 0.3) is 0 Å². The average molecular weight is 406 g/mol. The van der Waals surface area contributed by atoms with E-state index in [0.29, 0.717) is 6.10 Å². The topological polar surface area (TPSA) is 18.8 Å². The highest BCUT2D eigenvalue weighted by molar-refractivity contribution is 6.22. The fourth-order valence-corrected chi connectivity index (χ4v) is 4.79. The van der Waals surface area contributed by atoms with E-state index >= 15 is 0 Å². The number of hydrogen-bond donors (Lipinski definition) is 0. The molecule has 2 heterocycles. The van der Waals surface area contributed by atoms with Crippen molar-refractivity contribution >= 4 is 33.5 Å². The van der Waals surface area contributed by atoms with E-state index in [-0.39, 0.29) is 0 Å². The number of benzene rings is 4. The van der Waals surface area contributed by atoms with Crippen LogP contribution in [0.4, 0.5) is 17.1 Å². The Kier molecular flexibility index (Phi) is 4.18. The first kappa shape index (κ1) is 18.3. The molecular weight excluding hydrogens is 380 g/mol. The van der Waals surface area contributed by atoms with Crippen LogP contribution < -0.4 is 4.90 Å². The van der Waals surface area contributed by atoms with Crippen molar-refractivity contribution in [3.63, 3.8) is 0 Å². The van der Waals surface area contributed by atoms with Crippen molar-refractivity contribution in [1.29, 1.82) is 0 Å². The molecule has 1 saturated heterocycles. The van der Waals surface area contributed by atoms with E-state index < -0.39 is 0 Å². The van der Waals surface area contributed by atoms with Crippen LogP contribution >= 0.6 is 0 Å². The van der Waals surface area contributed by atoms with Crippen LogP contribution in [-0.4, -0.2) is 30.5 Å². The van der Waals surface area contributed by atoms with Crippen molar-refractivity contribution < 1.29 is 9.31 Å². The number of ether oxygens (including phenoxy) is 1. The van der Waals surface area contributed by atoms with E-state index in [2.05, 4.69) is 108 Å². The minimum Gasteiger partial charge on any atom is -0.368 e. The van der Waals surface area contributed by atoms with Gasteiger partial charge in [0.1, 0.15) is 12.6 Å². The predicted molar refractivity (Wildman–Crippen MR) is 127 cm³/mol. The van der Waals surface area contributed by atoms with Crippen LogP contribution in [0.5, 0.6) is 0 Å². The van der Waals surface area contributed by atoms with Crippen LogP contribution in [0.2, 0.25) is 0 Å². The third kappa shape index (κ3) is 2.96. The molecule has 2 aliphatic heterocycles. The zero-order valence-corrected chi connectivity index (χ0v) is 17.9. The maximum absolute atomic E-state index is 5.38. The Morgan fingerprint density at radius 3 is 2.16 bits per heavy atom. The minimum atomic E-state index is 0.303. The standard InChI is InChI=1S/C28H25N2O/c1-3-30-25-9-5-7-20-6-4-8-24(27(20)25)28(30)21-12-16-23(17-13-21)29(2)22-14-10-19(11-15-22)26-18-31-26/h4-17,26H,3,18H2,1-2H3/q+1. The van der Waals surface area contributed by atoms with Crippen LogP contribution in [0, 0.1) is 0 Å². The van der Waals surface area contributed by atoms with Crippen LogP contribution in [0.25, 0.3) is 10.8 Å². The summed E-state index contributed by atoms with van der Waals surface area (Å²) >= 11 is 0. The lowest BCUT2D eigenvalue weighted by Crippen LogP contribution is -2.15. The lowest BCUT2D eigenvalue weighted by molar-refractivity contribution is -0.431. The Hall–Kier alpha value is -3.43. The minimum absolute atomic E-state index is 0.303. The second-order valence-electron chi connectivity index (χ2n) is 8.29. The van der Waals surface area contributed by atoms with E-state index in [1.54, 1.807) is 0 Å². The molecule has 3 nitrogen and oxygen atoms in total. The Morgan fingerprint density at radius 1 is 0.871 bits per heavy atom. The molecule has 4 aromatic carbocycles. The number of anilines is 2. The first-order valence-electron chi connectivity index (χ1n) is 11.0. The van der Waals surface area contributed by atoms with Gasteiger partial charge in [-0.25, -0.2) is 0 Å². The number of hydrogen-bond acceptors (Lipinski definition) is 2. The van der Waals surface area contributed by atoms with Gasteiger partial charge < -0.3 is 9.64 Å². The fourth-order valence-electron chi connectivity index (χ4n) is 4.79. The lowest BCUT2D eigenvalue weighted by atomic mass is 9.98. The van der Waals surface area contributed by atoms with Gasteiger partial charge in [0.05, 0.1) is 17.6 Å². The van der Waals surface area contributed by atoms with Gasteiger partial charge in [0, 0.05) is 30.1 Å². The fraction of sp³-hybridized carbons (Fsp3) is 0.179. The van der Waals surface area contributed by atoms with Gasteiger partial charge >= 0.3 is 0 Å². The van der Waals surface area contributed by atoms with Crippen molar-refractivity contribution in [2.45, 2.75) is 13.0 Å². The van der Waals surface area contributed by atoms with Crippen molar-refractivity contribution in [3.8, 4) is 0 Å². The van der Waals surface area contributed by atoms with Gasteiger partial charge in [-0.15, -0.1) is 0 Å². The van der Waals surface area contributed by atoms with E-state index in [0.717, 1.165) is 13.2 Å². The maximum Gasteiger partial charge on any atom is 0.221 e. The van der Waals surface area contributed by atoms with E-state index in [9.17, 15) is 0 Å². The molecular formula is C28H25N2O+. The van der Waals surface area contributed by atoms with Gasteiger partial charge in [-0.05, 0) is 60.3 Å². The average Bonchev–Trinajstić information content (AvgIpc) is 3.63. The van der Waals surface area contributed by atoms with Gasteiger partial charge in [-0.1, -0.05) is 36.4 Å². The highest BCUT2D eigenvalue weighted by Crippen LogP contribution is 2.37. The molecule has 152 valence electrons. The second kappa shape index (κ2) is 7.07. The first-order valence-corrected chi connectivity index (χ1v) is 11.0. The molecule has 0 saturated carbocycles. The third-order valence-electron chi connectivity index (χ3n) is 6.53. The molecule has 0 spiro atoms. The molecule has 6 rings (SSSR count). The summed E-state index contributed by atoms with van der Waals surface area (Å²) in [5.74, 6) is 0. The van der Waals surface area contributed by atoms with Crippen molar-refractivity contribution in [1.82, 2.24) is 0 Å². The largest absolute Gasteiger partial charge is 0.368 e. The molecule has 1 fully saturated rings. The highest BCUT2D eigenvalue weighted by Gasteiger charge is 2.32. The molecule has 1 unspecified atom stereocenters. The zero-order valence-electron chi connectivity index (χ0n) is 17.9. The summed E-state index contributed by atoms with van der Waals surface area (Å²) in [6.07, 6.45) is 0.303. The van der Waals surface area contributed by atoms with Crippen LogP contribution in [-0.2, 0) is 4.74 Å². The van der Waals surface area contributed by atoms with E-state index in [4.69, 9.17) is 4.74 Å². The molecule has 0 radical (unpaired) electrons. The summed E-state index contributed by atoms with van der Waals surface area (Å²) in [5, 5.41) is 2.67. The molecule has 1 atom stereocenters.